The molecule has 1 aliphatic rings. The van der Waals surface area contributed by atoms with Gasteiger partial charge in [-0.2, -0.15) is 0 Å². The highest BCUT2D eigenvalue weighted by molar-refractivity contribution is 5.66. The summed E-state index contributed by atoms with van der Waals surface area (Å²) in [7, 11) is 0. The zero-order valence-electron chi connectivity index (χ0n) is 11.6. The lowest BCUT2D eigenvalue weighted by atomic mass is 10.3. The molecule has 5 nitrogen and oxygen atoms in total. The molecule has 1 unspecified atom stereocenters. The van der Waals surface area contributed by atoms with Crippen LogP contribution in [0, 0.1) is 0 Å². The molecule has 0 aromatic rings. The van der Waals surface area contributed by atoms with E-state index in [0.29, 0.717) is 6.54 Å². The number of hydrogen-bond acceptors (Lipinski definition) is 4. The zero-order chi connectivity index (χ0) is 13.4. The molecular weight excluding hydrogens is 232 g/mol. The first-order valence-corrected chi connectivity index (χ1v) is 6.93. The third kappa shape index (κ3) is 5.80. The molecule has 1 heterocycles. The van der Waals surface area contributed by atoms with Gasteiger partial charge < -0.3 is 19.6 Å². The summed E-state index contributed by atoms with van der Waals surface area (Å²) < 4.78 is 5.84. The van der Waals surface area contributed by atoms with Crippen LogP contribution in [0.4, 0.5) is 0 Å². The standard InChI is InChI=1S/C13H26N2O3/c1-3-14(4-2)9-10-18-12-5-7-15(11-12)8-6-13(16)17/h12H,3-11H2,1-2H3,(H,16,17). The third-order valence-electron chi connectivity index (χ3n) is 3.53. The summed E-state index contributed by atoms with van der Waals surface area (Å²) in [5.74, 6) is -0.721. The van der Waals surface area contributed by atoms with Crippen molar-refractivity contribution in [2.24, 2.45) is 0 Å². The molecule has 5 heteroatoms. The molecule has 1 aliphatic heterocycles. The van der Waals surface area contributed by atoms with Crippen LogP contribution in [0.15, 0.2) is 0 Å². The number of hydrogen-bond donors (Lipinski definition) is 1. The van der Waals surface area contributed by atoms with E-state index in [1.54, 1.807) is 0 Å². The summed E-state index contributed by atoms with van der Waals surface area (Å²) >= 11 is 0. The van der Waals surface area contributed by atoms with Crippen molar-refractivity contribution in [2.75, 3.05) is 45.9 Å². The van der Waals surface area contributed by atoms with E-state index >= 15 is 0 Å². The molecular formula is C13H26N2O3. The molecule has 0 aromatic carbocycles. The van der Waals surface area contributed by atoms with Crippen molar-refractivity contribution in [3.63, 3.8) is 0 Å². The normalized spacial score (nSPS) is 20.7. The maximum atomic E-state index is 10.5. The van der Waals surface area contributed by atoms with Gasteiger partial charge in [-0.25, -0.2) is 0 Å². The molecule has 18 heavy (non-hydrogen) atoms. The van der Waals surface area contributed by atoms with Crippen LogP contribution in [0.25, 0.3) is 0 Å². The minimum Gasteiger partial charge on any atom is -0.481 e. The fourth-order valence-corrected chi connectivity index (χ4v) is 2.28. The number of carbonyl (C=O) groups is 1. The minimum atomic E-state index is -0.721. The van der Waals surface area contributed by atoms with Crippen molar-refractivity contribution in [1.82, 2.24) is 9.80 Å². The second-order valence-corrected chi connectivity index (χ2v) is 4.75. The van der Waals surface area contributed by atoms with E-state index in [0.717, 1.165) is 45.8 Å². The Morgan fingerprint density at radius 2 is 2.17 bits per heavy atom. The first-order valence-electron chi connectivity index (χ1n) is 6.93. The SMILES string of the molecule is CCN(CC)CCOC1CCN(CCC(=O)O)C1. The Labute approximate surface area is 110 Å². The van der Waals surface area contributed by atoms with Gasteiger partial charge in [-0.05, 0) is 19.5 Å². The number of aliphatic carboxylic acids is 1. The average molecular weight is 258 g/mol. The van der Waals surface area contributed by atoms with Crippen molar-refractivity contribution in [3.05, 3.63) is 0 Å². The Bertz CT molecular complexity index is 244. The van der Waals surface area contributed by atoms with Gasteiger partial charge in [0.25, 0.3) is 0 Å². The van der Waals surface area contributed by atoms with Gasteiger partial charge >= 0.3 is 5.97 Å². The average Bonchev–Trinajstić information content (AvgIpc) is 2.80. The molecule has 1 N–H and O–H groups in total. The van der Waals surface area contributed by atoms with Crippen molar-refractivity contribution in [3.8, 4) is 0 Å². The third-order valence-corrected chi connectivity index (χ3v) is 3.53. The van der Waals surface area contributed by atoms with Gasteiger partial charge in [0.15, 0.2) is 0 Å². The van der Waals surface area contributed by atoms with Crippen LogP contribution in [0.2, 0.25) is 0 Å². The number of likely N-dealkylation sites (tertiary alicyclic amines) is 1. The summed E-state index contributed by atoms with van der Waals surface area (Å²) in [5, 5.41) is 8.63. The number of ether oxygens (including phenoxy) is 1. The Hall–Kier alpha value is -0.650. The fraction of sp³-hybridized carbons (Fsp3) is 0.923. The summed E-state index contributed by atoms with van der Waals surface area (Å²) in [4.78, 5) is 15.0. The molecule has 0 radical (unpaired) electrons. The minimum absolute atomic E-state index is 0.228. The second kappa shape index (κ2) is 8.45. The molecule has 0 amide bonds. The molecule has 0 spiro atoms. The Balaban J connectivity index is 2.09. The molecule has 0 saturated carbocycles. The lowest BCUT2D eigenvalue weighted by Crippen LogP contribution is -2.30. The smallest absolute Gasteiger partial charge is 0.304 e. The first-order chi connectivity index (χ1) is 8.65. The molecule has 1 atom stereocenters. The predicted octanol–water partition coefficient (Wildman–Crippen LogP) is 0.894. The molecule has 1 saturated heterocycles. The maximum absolute atomic E-state index is 10.5. The molecule has 1 rings (SSSR count). The topological polar surface area (TPSA) is 53.0 Å². The second-order valence-electron chi connectivity index (χ2n) is 4.75. The van der Waals surface area contributed by atoms with Gasteiger partial charge in [0.05, 0.1) is 19.1 Å². The summed E-state index contributed by atoms with van der Waals surface area (Å²) in [6.45, 7) is 10.7. The Kier molecular flexibility index (Phi) is 7.23. The summed E-state index contributed by atoms with van der Waals surface area (Å²) in [6, 6.07) is 0. The molecule has 0 aromatic heterocycles. The largest absolute Gasteiger partial charge is 0.481 e. The van der Waals surface area contributed by atoms with Gasteiger partial charge in [-0.15, -0.1) is 0 Å². The highest BCUT2D eigenvalue weighted by Crippen LogP contribution is 2.12. The quantitative estimate of drug-likeness (QED) is 0.666. The van der Waals surface area contributed by atoms with Gasteiger partial charge in [0.2, 0.25) is 0 Å². The maximum Gasteiger partial charge on any atom is 0.304 e. The zero-order valence-corrected chi connectivity index (χ0v) is 11.6. The lowest BCUT2D eigenvalue weighted by molar-refractivity contribution is -0.137. The van der Waals surface area contributed by atoms with Crippen LogP contribution >= 0.6 is 0 Å². The van der Waals surface area contributed by atoms with Gasteiger partial charge in [0.1, 0.15) is 0 Å². The van der Waals surface area contributed by atoms with E-state index < -0.39 is 5.97 Å². The van der Waals surface area contributed by atoms with E-state index in [-0.39, 0.29) is 12.5 Å². The number of carboxylic acid groups (broad SMARTS) is 1. The number of likely N-dealkylation sites (N-methyl/N-ethyl adjacent to an activating group) is 1. The molecule has 0 aliphatic carbocycles. The fourth-order valence-electron chi connectivity index (χ4n) is 2.28. The van der Waals surface area contributed by atoms with Crippen molar-refractivity contribution >= 4 is 5.97 Å². The van der Waals surface area contributed by atoms with Crippen LogP contribution in [0.1, 0.15) is 26.7 Å². The predicted molar refractivity (Wildman–Crippen MR) is 70.8 cm³/mol. The van der Waals surface area contributed by atoms with E-state index in [1.165, 1.54) is 0 Å². The van der Waals surface area contributed by atoms with Crippen molar-refractivity contribution in [1.29, 1.82) is 0 Å². The van der Waals surface area contributed by atoms with Crippen molar-refractivity contribution in [2.45, 2.75) is 32.8 Å². The van der Waals surface area contributed by atoms with Gasteiger partial charge in [0, 0.05) is 26.2 Å². The number of nitrogens with zero attached hydrogens (tertiary/aromatic N) is 2. The highest BCUT2D eigenvalue weighted by atomic mass is 16.5. The van der Waals surface area contributed by atoms with E-state index in [1.807, 2.05) is 0 Å². The van der Waals surface area contributed by atoms with Crippen LogP contribution in [0.3, 0.4) is 0 Å². The van der Waals surface area contributed by atoms with Crippen LogP contribution in [-0.4, -0.2) is 72.9 Å². The van der Waals surface area contributed by atoms with E-state index in [4.69, 9.17) is 9.84 Å². The lowest BCUT2D eigenvalue weighted by Gasteiger charge is -2.20. The van der Waals surface area contributed by atoms with Crippen LogP contribution in [-0.2, 0) is 9.53 Å². The Morgan fingerprint density at radius 3 is 2.78 bits per heavy atom. The monoisotopic (exact) mass is 258 g/mol. The Morgan fingerprint density at radius 1 is 1.44 bits per heavy atom. The molecule has 106 valence electrons. The summed E-state index contributed by atoms with van der Waals surface area (Å²) in [6.07, 6.45) is 1.54. The number of carboxylic acids is 1. The van der Waals surface area contributed by atoms with Crippen LogP contribution in [0.5, 0.6) is 0 Å². The summed E-state index contributed by atoms with van der Waals surface area (Å²) in [5.41, 5.74) is 0. The van der Waals surface area contributed by atoms with E-state index in [9.17, 15) is 4.79 Å². The molecule has 0 bridgehead atoms. The van der Waals surface area contributed by atoms with Gasteiger partial charge in [-0.3, -0.25) is 4.79 Å². The number of rotatable bonds is 9. The molecule has 1 fully saturated rings. The van der Waals surface area contributed by atoms with E-state index in [2.05, 4.69) is 23.6 Å². The highest BCUT2D eigenvalue weighted by Gasteiger charge is 2.23. The van der Waals surface area contributed by atoms with Crippen molar-refractivity contribution < 1.29 is 14.6 Å². The first kappa shape index (κ1) is 15.4. The van der Waals surface area contributed by atoms with Crippen LogP contribution < -0.4 is 0 Å². The van der Waals surface area contributed by atoms with Gasteiger partial charge in [-0.1, -0.05) is 13.8 Å².